The minimum atomic E-state index is -4.77. The van der Waals surface area contributed by atoms with Gasteiger partial charge in [-0.2, -0.15) is 18.3 Å². The maximum Gasteiger partial charge on any atom is 0.433 e. The van der Waals surface area contributed by atoms with E-state index in [0.29, 0.717) is 30.8 Å². The Labute approximate surface area is 185 Å². The zero-order valence-corrected chi connectivity index (χ0v) is 17.3. The van der Waals surface area contributed by atoms with Crippen molar-refractivity contribution >= 4 is 17.2 Å². The van der Waals surface area contributed by atoms with Crippen LogP contribution in [0.25, 0.3) is 16.9 Å². The Balaban J connectivity index is 1.59. The van der Waals surface area contributed by atoms with E-state index in [1.165, 1.54) is 35.2 Å². The number of quaternary nitrogens is 1. The Hall–Kier alpha value is -3.58. The average molecular weight is 465 g/mol. The third kappa shape index (κ3) is 5.09. The topological polar surface area (TPSA) is 116 Å². The summed E-state index contributed by atoms with van der Waals surface area (Å²) in [6, 6.07) is 6.97. The van der Waals surface area contributed by atoms with Crippen LogP contribution < -0.4 is 10.2 Å². The van der Waals surface area contributed by atoms with E-state index in [2.05, 4.69) is 15.4 Å². The van der Waals surface area contributed by atoms with Gasteiger partial charge in [-0.25, -0.2) is 9.50 Å². The maximum absolute atomic E-state index is 13.7. The average Bonchev–Trinajstić information content (AvgIpc) is 3.23. The van der Waals surface area contributed by atoms with Crippen molar-refractivity contribution in [1.29, 1.82) is 0 Å². The third-order valence-corrected chi connectivity index (χ3v) is 5.29. The number of alkyl halides is 3. The van der Waals surface area contributed by atoms with Gasteiger partial charge in [0.2, 0.25) is 0 Å². The molecule has 0 bridgehead atoms. The van der Waals surface area contributed by atoms with Gasteiger partial charge in [0.05, 0.1) is 36.9 Å². The Morgan fingerprint density at radius 3 is 2.55 bits per heavy atom. The highest BCUT2D eigenvalue weighted by atomic mass is 19.4. The molecule has 0 aliphatic carbocycles. The lowest BCUT2D eigenvalue weighted by molar-refractivity contribution is -0.906. The zero-order valence-electron chi connectivity index (χ0n) is 17.3. The Bertz CT molecular complexity index is 1170. The number of hydrogen-bond acceptors (Lipinski definition) is 6. The molecule has 1 aliphatic rings. The number of carbonyl (C=O) groups excluding carboxylic acids is 1. The first kappa shape index (κ1) is 22.6. The molecule has 0 spiro atoms. The second kappa shape index (κ2) is 9.11. The number of ether oxygens (including phenoxy) is 1. The number of nitrogens with one attached hydrogen (secondary N) is 2. The maximum atomic E-state index is 13.7. The van der Waals surface area contributed by atoms with E-state index in [0.717, 1.165) is 19.2 Å². The molecule has 2 aromatic heterocycles. The predicted octanol–water partition coefficient (Wildman–Crippen LogP) is 0.968. The van der Waals surface area contributed by atoms with Gasteiger partial charge in [-0.3, -0.25) is 14.9 Å². The summed E-state index contributed by atoms with van der Waals surface area (Å²) >= 11 is 0. The fourth-order valence-corrected chi connectivity index (χ4v) is 3.54. The molecule has 10 nitrogen and oxygen atoms in total. The predicted molar refractivity (Wildman–Crippen MR) is 109 cm³/mol. The van der Waals surface area contributed by atoms with E-state index in [1.54, 1.807) is 0 Å². The van der Waals surface area contributed by atoms with Gasteiger partial charge in [-0.15, -0.1) is 0 Å². The van der Waals surface area contributed by atoms with Crippen molar-refractivity contribution in [3.63, 3.8) is 0 Å². The third-order valence-electron chi connectivity index (χ3n) is 5.29. The van der Waals surface area contributed by atoms with Crippen molar-refractivity contribution in [3.05, 3.63) is 57.9 Å². The first-order valence-corrected chi connectivity index (χ1v) is 10.1. The molecule has 3 heterocycles. The molecule has 0 saturated carbocycles. The summed E-state index contributed by atoms with van der Waals surface area (Å²) in [6.45, 7) is 3.97. The number of rotatable bonds is 6. The Morgan fingerprint density at radius 2 is 1.91 bits per heavy atom. The van der Waals surface area contributed by atoms with Gasteiger partial charge in [0, 0.05) is 23.8 Å². The monoisotopic (exact) mass is 465 g/mol. The van der Waals surface area contributed by atoms with Gasteiger partial charge in [0.1, 0.15) is 13.1 Å². The highest BCUT2D eigenvalue weighted by molar-refractivity contribution is 5.93. The molecule has 2 N–H and O–H groups in total. The number of carbonyl (C=O) groups is 1. The number of halogens is 3. The normalized spacial score (nSPS) is 15.0. The molecule has 3 aromatic rings. The Kier molecular flexibility index (Phi) is 6.24. The first-order valence-electron chi connectivity index (χ1n) is 10.1. The molecule has 174 valence electrons. The molecule has 4 rings (SSSR count). The number of nitro benzene ring substituents is 1. The fraction of sp³-hybridized carbons (Fsp3) is 0.350. The minimum absolute atomic E-state index is 0.0486. The van der Waals surface area contributed by atoms with E-state index in [4.69, 9.17) is 4.74 Å². The van der Waals surface area contributed by atoms with Crippen molar-refractivity contribution in [2.24, 2.45) is 0 Å². The summed E-state index contributed by atoms with van der Waals surface area (Å²) in [5, 5.41) is 17.3. The van der Waals surface area contributed by atoms with Crippen LogP contribution in [0.4, 0.5) is 18.9 Å². The largest absolute Gasteiger partial charge is 0.433 e. The van der Waals surface area contributed by atoms with Crippen molar-refractivity contribution in [1.82, 2.24) is 19.9 Å². The van der Waals surface area contributed by atoms with E-state index < -0.39 is 22.7 Å². The van der Waals surface area contributed by atoms with E-state index in [9.17, 15) is 28.1 Å². The summed E-state index contributed by atoms with van der Waals surface area (Å²) in [7, 11) is 0. The molecule has 1 amide bonds. The lowest BCUT2D eigenvalue weighted by atomic mass is 10.1. The van der Waals surface area contributed by atoms with Crippen LogP contribution >= 0.6 is 0 Å². The zero-order chi connectivity index (χ0) is 23.6. The first-order chi connectivity index (χ1) is 15.7. The molecular weight excluding hydrogens is 445 g/mol. The Morgan fingerprint density at radius 1 is 1.21 bits per heavy atom. The SMILES string of the molecule is O=C(NCC[NH+]1CCOCC1)c1cc2nc(-c3ccc([N+](=O)[O-])cc3)cc(C(F)(F)F)n2n1. The molecular formula is C20H20F3N6O4+. The van der Waals surface area contributed by atoms with Gasteiger partial charge in [-0.1, -0.05) is 0 Å². The van der Waals surface area contributed by atoms with Crippen LogP contribution in [0.5, 0.6) is 0 Å². The molecule has 13 heteroatoms. The van der Waals surface area contributed by atoms with Crippen LogP contribution in [0.1, 0.15) is 16.2 Å². The van der Waals surface area contributed by atoms with Gasteiger partial charge in [-0.05, 0) is 18.2 Å². The van der Waals surface area contributed by atoms with Crippen LogP contribution in [0.2, 0.25) is 0 Å². The summed E-state index contributed by atoms with van der Waals surface area (Å²) in [5.74, 6) is -0.599. The van der Waals surface area contributed by atoms with Crippen molar-refractivity contribution in [2.75, 3.05) is 39.4 Å². The van der Waals surface area contributed by atoms with Crippen LogP contribution in [0.3, 0.4) is 0 Å². The lowest BCUT2D eigenvalue weighted by Gasteiger charge is -2.23. The highest BCUT2D eigenvalue weighted by Crippen LogP contribution is 2.32. The molecule has 1 fully saturated rings. The van der Waals surface area contributed by atoms with Crippen molar-refractivity contribution in [3.8, 4) is 11.3 Å². The summed E-state index contributed by atoms with van der Waals surface area (Å²) < 4.78 is 47.0. The van der Waals surface area contributed by atoms with Gasteiger partial charge in [0.25, 0.3) is 11.6 Å². The number of amides is 1. The lowest BCUT2D eigenvalue weighted by Crippen LogP contribution is -3.14. The van der Waals surface area contributed by atoms with E-state index >= 15 is 0 Å². The number of aromatic nitrogens is 3. The molecule has 0 atom stereocenters. The van der Waals surface area contributed by atoms with Crippen LogP contribution in [-0.2, 0) is 10.9 Å². The number of hydrogen-bond donors (Lipinski definition) is 2. The number of benzene rings is 1. The molecule has 33 heavy (non-hydrogen) atoms. The second-order valence-electron chi connectivity index (χ2n) is 7.50. The molecule has 1 aromatic carbocycles. The summed E-state index contributed by atoms with van der Waals surface area (Å²) in [6.07, 6.45) is -4.77. The van der Waals surface area contributed by atoms with Crippen LogP contribution in [0.15, 0.2) is 36.4 Å². The van der Waals surface area contributed by atoms with Gasteiger partial charge >= 0.3 is 6.18 Å². The van der Waals surface area contributed by atoms with E-state index in [-0.39, 0.29) is 28.3 Å². The fourth-order valence-electron chi connectivity index (χ4n) is 3.54. The molecule has 1 saturated heterocycles. The van der Waals surface area contributed by atoms with Crippen LogP contribution in [-0.4, -0.2) is 64.8 Å². The summed E-state index contributed by atoms with van der Waals surface area (Å²) in [4.78, 5) is 28.2. The second-order valence-corrected chi connectivity index (χ2v) is 7.50. The number of morpholine rings is 1. The minimum Gasteiger partial charge on any atom is -0.370 e. The quantitative estimate of drug-likeness (QED) is 0.414. The number of fused-ring (bicyclic) bond motifs is 1. The molecule has 0 radical (unpaired) electrons. The van der Waals surface area contributed by atoms with Gasteiger partial charge < -0.3 is 15.0 Å². The van der Waals surface area contributed by atoms with Crippen LogP contribution in [0, 0.1) is 10.1 Å². The molecule has 0 unspecified atom stereocenters. The summed E-state index contributed by atoms with van der Waals surface area (Å²) in [5.41, 5.74) is -1.45. The number of nitrogens with zero attached hydrogens (tertiary/aromatic N) is 4. The van der Waals surface area contributed by atoms with Crippen molar-refractivity contribution in [2.45, 2.75) is 6.18 Å². The van der Waals surface area contributed by atoms with Crippen molar-refractivity contribution < 1.29 is 32.5 Å². The van der Waals surface area contributed by atoms with Gasteiger partial charge in [0.15, 0.2) is 17.0 Å². The molecule has 1 aliphatic heterocycles. The van der Waals surface area contributed by atoms with E-state index in [1.807, 2.05) is 0 Å². The smallest absolute Gasteiger partial charge is 0.370 e. The number of nitro groups is 1. The number of non-ortho nitro benzene ring substituents is 1. The highest BCUT2D eigenvalue weighted by Gasteiger charge is 2.35. The standard InChI is InChI=1S/C20H19F3N6O4/c21-20(22,23)17-11-15(13-1-3-14(4-2-13)29(31)32)25-18-12-16(26-28(17)18)19(30)24-5-6-27-7-9-33-10-8-27/h1-4,11-12H,5-10H2,(H,24,30)/p+1.